The molecule has 0 saturated carbocycles. The summed E-state index contributed by atoms with van der Waals surface area (Å²) in [4.78, 5) is 12.7. The smallest absolute Gasteiger partial charge is 0.248 e. The van der Waals surface area contributed by atoms with Gasteiger partial charge in [-0.25, -0.2) is 0 Å². The van der Waals surface area contributed by atoms with E-state index in [0.717, 1.165) is 45.3 Å². The standard InChI is InChI=1S/C29H29NO3/c1-6-21-8-10-22(11-9-21)30-29(31)14-20(4)24-15-25-26(17-33-28(25)16-27(24)32-5)23-12-7-18(2)13-19(23)3/h7-17H,6H2,1-5H3,(H,30,31)/b20-14+. The van der Waals surface area contributed by atoms with E-state index in [2.05, 4.69) is 44.3 Å². The van der Waals surface area contributed by atoms with Gasteiger partial charge in [-0.15, -0.1) is 0 Å². The van der Waals surface area contributed by atoms with Gasteiger partial charge < -0.3 is 14.5 Å². The SMILES string of the molecule is CCc1ccc(NC(=O)/C=C(\C)c2cc3c(-c4ccc(C)cc4C)coc3cc2OC)cc1. The summed E-state index contributed by atoms with van der Waals surface area (Å²) in [6.45, 7) is 8.22. The van der Waals surface area contributed by atoms with Crippen molar-refractivity contribution < 1.29 is 13.9 Å². The van der Waals surface area contributed by atoms with Crippen LogP contribution in [0.2, 0.25) is 0 Å². The lowest BCUT2D eigenvalue weighted by Crippen LogP contribution is -2.08. The van der Waals surface area contributed by atoms with Gasteiger partial charge in [0.2, 0.25) is 5.91 Å². The monoisotopic (exact) mass is 439 g/mol. The van der Waals surface area contributed by atoms with Gasteiger partial charge in [0.1, 0.15) is 11.3 Å². The Bertz CT molecular complexity index is 1340. The Hall–Kier alpha value is -3.79. The zero-order chi connectivity index (χ0) is 23.5. The minimum absolute atomic E-state index is 0.180. The molecule has 0 radical (unpaired) electrons. The number of rotatable bonds is 6. The molecule has 1 N–H and O–H groups in total. The summed E-state index contributed by atoms with van der Waals surface area (Å²) >= 11 is 0. The lowest BCUT2D eigenvalue weighted by atomic mass is 9.96. The summed E-state index contributed by atoms with van der Waals surface area (Å²) in [7, 11) is 1.63. The summed E-state index contributed by atoms with van der Waals surface area (Å²) in [5.74, 6) is 0.485. The predicted molar refractivity (Wildman–Crippen MR) is 136 cm³/mol. The van der Waals surface area contributed by atoms with E-state index in [0.29, 0.717) is 5.75 Å². The van der Waals surface area contributed by atoms with Gasteiger partial charge in [0.15, 0.2) is 0 Å². The van der Waals surface area contributed by atoms with E-state index in [1.165, 1.54) is 16.7 Å². The van der Waals surface area contributed by atoms with E-state index >= 15 is 0 Å². The number of carbonyl (C=O) groups excluding carboxylic acids is 1. The van der Waals surface area contributed by atoms with Gasteiger partial charge in [0, 0.05) is 34.3 Å². The highest BCUT2D eigenvalue weighted by Crippen LogP contribution is 2.38. The molecular weight excluding hydrogens is 410 g/mol. The predicted octanol–water partition coefficient (Wildman–Crippen LogP) is 7.33. The highest BCUT2D eigenvalue weighted by atomic mass is 16.5. The third kappa shape index (κ3) is 4.70. The van der Waals surface area contributed by atoms with Gasteiger partial charge in [0.05, 0.1) is 13.4 Å². The number of furan rings is 1. The molecule has 0 saturated heterocycles. The fourth-order valence-corrected chi connectivity index (χ4v) is 4.13. The van der Waals surface area contributed by atoms with Crippen LogP contribution in [0.15, 0.2) is 71.4 Å². The Balaban J connectivity index is 1.69. The number of anilines is 1. The number of ether oxygens (including phenoxy) is 1. The molecule has 0 unspecified atom stereocenters. The highest BCUT2D eigenvalue weighted by Gasteiger charge is 2.16. The molecule has 0 bridgehead atoms. The Kier molecular flexibility index (Phi) is 6.36. The van der Waals surface area contributed by atoms with Crippen LogP contribution < -0.4 is 10.1 Å². The second-order valence-electron chi connectivity index (χ2n) is 8.38. The summed E-state index contributed by atoms with van der Waals surface area (Å²) in [6.07, 6.45) is 4.36. The van der Waals surface area contributed by atoms with E-state index in [9.17, 15) is 4.79 Å². The van der Waals surface area contributed by atoms with Crippen molar-refractivity contribution in [2.24, 2.45) is 0 Å². The molecule has 0 aliphatic rings. The number of hydrogen-bond donors (Lipinski definition) is 1. The Labute approximate surface area is 194 Å². The third-order valence-electron chi connectivity index (χ3n) is 5.97. The molecule has 1 aromatic heterocycles. The molecule has 0 aliphatic heterocycles. The second kappa shape index (κ2) is 9.37. The Morgan fingerprint density at radius 1 is 1.03 bits per heavy atom. The molecule has 168 valence electrons. The van der Waals surface area contributed by atoms with Crippen molar-refractivity contribution in [3.63, 3.8) is 0 Å². The molecule has 0 spiro atoms. The first kappa shape index (κ1) is 22.4. The van der Waals surface area contributed by atoms with Crippen molar-refractivity contribution >= 4 is 28.1 Å². The summed E-state index contributed by atoms with van der Waals surface area (Å²) in [6, 6.07) is 18.2. The van der Waals surface area contributed by atoms with E-state index in [1.54, 1.807) is 19.4 Å². The van der Waals surface area contributed by atoms with Crippen LogP contribution in [-0.4, -0.2) is 13.0 Å². The average molecular weight is 440 g/mol. The van der Waals surface area contributed by atoms with Crippen molar-refractivity contribution in [2.45, 2.75) is 34.1 Å². The first-order valence-electron chi connectivity index (χ1n) is 11.1. The summed E-state index contributed by atoms with van der Waals surface area (Å²) < 4.78 is 11.5. The molecule has 4 aromatic rings. The van der Waals surface area contributed by atoms with Crippen LogP contribution in [-0.2, 0) is 11.2 Å². The van der Waals surface area contributed by atoms with Gasteiger partial charge in [-0.05, 0) is 67.7 Å². The van der Waals surface area contributed by atoms with Crippen molar-refractivity contribution in [2.75, 3.05) is 12.4 Å². The van der Waals surface area contributed by atoms with Crippen LogP contribution >= 0.6 is 0 Å². The number of methoxy groups -OCH3 is 1. The zero-order valence-electron chi connectivity index (χ0n) is 19.8. The number of fused-ring (bicyclic) bond motifs is 1. The maximum Gasteiger partial charge on any atom is 0.248 e. The molecule has 33 heavy (non-hydrogen) atoms. The van der Waals surface area contributed by atoms with Crippen LogP contribution in [0.25, 0.3) is 27.7 Å². The summed E-state index contributed by atoms with van der Waals surface area (Å²) in [5.41, 5.74) is 8.99. The fourth-order valence-electron chi connectivity index (χ4n) is 4.13. The average Bonchev–Trinajstić information content (AvgIpc) is 3.21. The first-order valence-corrected chi connectivity index (χ1v) is 11.1. The molecule has 0 atom stereocenters. The van der Waals surface area contributed by atoms with E-state index in [1.807, 2.05) is 43.3 Å². The number of benzene rings is 3. The van der Waals surface area contributed by atoms with Crippen LogP contribution in [0.5, 0.6) is 5.75 Å². The lowest BCUT2D eigenvalue weighted by molar-refractivity contribution is -0.111. The second-order valence-corrected chi connectivity index (χ2v) is 8.38. The van der Waals surface area contributed by atoms with E-state index in [4.69, 9.17) is 9.15 Å². The molecule has 4 heteroatoms. The van der Waals surface area contributed by atoms with Gasteiger partial charge in [-0.1, -0.05) is 42.8 Å². The van der Waals surface area contributed by atoms with Gasteiger partial charge >= 0.3 is 0 Å². The number of nitrogens with one attached hydrogen (secondary N) is 1. The van der Waals surface area contributed by atoms with Crippen LogP contribution in [0.1, 0.15) is 36.1 Å². The van der Waals surface area contributed by atoms with Crippen LogP contribution in [0.3, 0.4) is 0 Å². The molecule has 4 nitrogen and oxygen atoms in total. The molecule has 0 fully saturated rings. The zero-order valence-corrected chi connectivity index (χ0v) is 19.8. The minimum Gasteiger partial charge on any atom is -0.496 e. The minimum atomic E-state index is -0.180. The van der Waals surface area contributed by atoms with Crippen LogP contribution in [0.4, 0.5) is 5.69 Å². The van der Waals surface area contributed by atoms with Crippen LogP contribution in [0, 0.1) is 13.8 Å². The topological polar surface area (TPSA) is 51.5 Å². The maximum atomic E-state index is 12.7. The fraction of sp³-hybridized carbons (Fsp3) is 0.207. The lowest BCUT2D eigenvalue weighted by Gasteiger charge is -2.11. The molecule has 0 aliphatic carbocycles. The largest absolute Gasteiger partial charge is 0.496 e. The highest BCUT2D eigenvalue weighted by molar-refractivity contribution is 6.05. The molecular formula is C29H29NO3. The number of carbonyl (C=O) groups is 1. The number of hydrogen-bond acceptors (Lipinski definition) is 3. The van der Waals surface area contributed by atoms with Gasteiger partial charge in [-0.2, -0.15) is 0 Å². The van der Waals surface area contributed by atoms with E-state index < -0.39 is 0 Å². The van der Waals surface area contributed by atoms with Crippen molar-refractivity contribution in [1.29, 1.82) is 0 Å². The number of amides is 1. The number of aryl methyl sites for hydroxylation is 3. The van der Waals surface area contributed by atoms with Crippen molar-refractivity contribution in [3.8, 4) is 16.9 Å². The maximum absolute atomic E-state index is 12.7. The summed E-state index contributed by atoms with van der Waals surface area (Å²) in [5, 5.41) is 3.93. The first-order chi connectivity index (χ1) is 15.9. The quantitative estimate of drug-likeness (QED) is 0.320. The molecule has 1 amide bonds. The Morgan fingerprint density at radius 2 is 1.79 bits per heavy atom. The van der Waals surface area contributed by atoms with Gasteiger partial charge in [-0.3, -0.25) is 4.79 Å². The molecule has 3 aromatic carbocycles. The molecule has 1 heterocycles. The van der Waals surface area contributed by atoms with E-state index in [-0.39, 0.29) is 5.91 Å². The van der Waals surface area contributed by atoms with Gasteiger partial charge in [0.25, 0.3) is 0 Å². The Morgan fingerprint density at radius 3 is 2.45 bits per heavy atom. The van der Waals surface area contributed by atoms with Crippen molar-refractivity contribution in [3.05, 3.63) is 89.2 Å². The normalized spacial score (nSPS) is 11.6. The third-order valence-corrected chi connectivity index (χ3v) is 5.97. The molecule has 4 rings (SSSR count). The van der Waals surface area contributed by atoms with Crippen molar-refractivity contribution in [1.82, 2.24) is 0 Å². The number of allylic oxidation sites excluding steroid dienone is 1.